The summed E-state index contributed by atoms with van der Waals surface area (Å²) < 4.78 is 0. The van der Waals surface area contributed by atoms with Crippen molar-refractivity contribution < 1.29 is 0 Å². The number of nitriles is 1. The molecule has 0 radical (unpaired) electrons. The third kappa shape index (κ3) is 2.11. The van der Waals surface area contributed by atoms with E-state index in [1.807, 2.05) is 24.3 Å². The van der Waals surface area contributed by atoms with Crippen molar-refractivity contribution in [1.82, 2.24) is 0 Å². The predicted molar refractivity (Wildman–Crippen MR) is 62.3 cm³/mol. The quantitative estimate of drug-likeness (QED) is 0.749. The highest BCUT2D eigenvalue weighted by atomic mass is 32.1. The van der Waals surface area contributed by atoms with E-state index in [1.165, 1.54) is 16.2 Å². The average molecular weight is 217 g/mol. The molecule has 0 saturated heterocycles. The van der Waals surface area contributed by atoms with Crippen LogP contribution in [0.5, 0.6) is 0 Å². The summed E-state index contributed by atoms with van der Waals surface area (Å²) in [6, 6.07) is 10.0. The SMILES string of the molecule is N#Cc1ccc(/C=C/c2cccs2)s1. The minimum atomic E-state index is 0.760. The summed E-state index contributed by atoms with van der Waals surface area (Å²) in [6.07, 6.45) is 4.11. The Hall–Kier alpha value is -1.37. The van der Waals surface area contributed by atoms with E-state index >= 15 is 0 Å². The first-order valence-electron chi connectivity index (χ1n) is 4.10. The lowest BCUT2D eigenvalue weighted by Crippen LogP contribution is -1.57. The van der Waals surface area contributed by atoms with Crippen LogP contribution in [0.3, 0.4) is 0 Å². The van der Waals surface area contributed by atoms with E-state index in [9.17, 15) is 0 Å². The van der Waals surface area contributed by atoms with Crippen molar-refractivity contribution in [2.75, 3.05) is 0 Å². The Labute approximate surface area is 90.6 Å². The molecule has 3 heteroatoms. The second-order valence-electron chi connectivity index (χ2n) is 2.66. The summed E-state index contributed by atoms with van der Waals surface area (Å²) in [5.41, 5.74) is 0. The summed E-state index contributed by atoms with van der Waals surface area (Å²) in [5.74, 6) is 0. The standard InChI is InChI=1S/C11H7NS2/c12-8-11-6-5-10(14-11)4-3-9-2-1-7-13-9/h1-7H/b4-3+. The molecule has 2 aromatic heterocycles. The van der Waals surface area contributed by atoms with Gasteiger partial charge < -0.3 is 0 Å². The lowest BCUT2D eigenvalue weighted by molar-refractivity contribution is 1.52. The Morgan fingerprint density at radius 2 is 2.00 bits per heavy atom. The predicted octanol–water partition coefficient (Wildman–Crippen LogP) is 3.85. The molecule has 0 aromatic carbocycles. The minimum absolute atomic E-state index is 0.760. The molecule has 0 spiro atoms. The second-order valence-corrected chi connectivity index (χ2v) is 4.76. The topological polar surface area (TPSA) is 23.8 Å². The lowest BCUT2D eigenvalue weighted by atomic mass is 10.3. The van der Waals surface area contributed by atoms with Crippen molar-refractivity contribution in [3.63, 3.8) is 0 Å². The van der Waals surface area contributed by atoms with Crippen molar-refractivity contribution >= 4 is 34.8 Å². The van der Waals surface area contributed by atoms with Gasteiger partial charge in [0.1, 0.15) is 10.9 Å². The van der Waals surface area contributed by atoms with E-state index in [-0.39, 0.29) is 0 Å². The van der Waals surface area contributed by atoms with Crippen LogP contribution in [0.4, 0.5) is 0 Å². The minimum Gasteiger partial charge on any atom is -0.192 e. The van der Waals surface area contributed by atoms with Crippen molar-refractivity contribution in [3.05, 3.63) is 44.3 Å². The van der Waals surface area contributed by atoms with Gasteiger partial charge in [0.25, 0.3) is 0 Å². The van der Waals surface area contributed by atoms with E-state index < -0.39 is 0 Å². The van der Waals surface area contributed by atoms with Crippen LogP contribution in [0.1, 0.15) is 14.6 Å². The zero-order chi connectivity index (χ0) is 9.80. The first-order valence-corrected chi connectivity index (χ1v) is 5.79. The summed E-state index contributed by atoms with van der Waals surface area (Å²) in [7, 11) is 0. The van der Waals surface area contributed by atoms with Crippen LogP contribution in [0.15, 0.2) is 29.6 Å². The molecular weight excluding hydrogens is 210 g/mol. The zero-order valence-electron chi connectivity index (χ0n) is 7.31. The van der Waals surface area contributed by atoms with Crippen molar-refractivity contribution in [1.29, 1.82) is 5.26 Å². The Morgan fingerprint density at radius 1 is 1.14 bits per heavy atom. The summed E-state index contributed by atoms with van der Waals surface area (Å²) in [5, 5.41) is 10.7. The van der Waals surface area contributed by atoms with Gasteiger partial charge in [-0.1, -0.05) is 6.07 Å². The molecule has 2 aromatic rings. The molecule has 68 valence electrons. The van der Waals surface area contributed by atoms with Gasteiger partial charge in [-0.2, -0.15) is 5.26 Å². The number of rotatable bonds is 2. The molecule has 1 nitrogen and oxygen atoms in total. The highest BCUT2D eigenvalue weighted by Crippen LogP contribution is 2.19. The van der Waals surface area contributed by atoms with Gasteiger partial charge in [-0.05, 0) is 35.7 Å². The van der Waals surface area contributed by atoms with Gasteiger partial charge >= 0.3 is 0 Å². The van der Waals surface area contributed by atoms with Crippen LogP contribution in [-0.2, 0) is 0 Å². The van der Waals surface area contributed by atoms with Gasteiger partial charge in [0, 0.05) is 9.75 Å². The van der Waals surface area contributed by atoms with Gasteiger partial charge in [0.2, 0.25) is 0 Å². The smallest absolute Gasteiger partial charge is 0.110 e. The van der Waals surface area contributed by atoms with Gasteiger partial charge in [0.15, 0.2) is 0 Å². The highest BCUT2D eigenvalue weighted by molar-refractivity contribution is 7.13. The molecule has 0 saturated carbocycles. The molecule has 0 fully saturated rings. The summed E-state index contributed by atoms with van der Waals surface area (Å²) in [4.78, 5) is 3.11. The van der Waals surface area contributed by atoms with Crippen molar-refractivity contribution in [3.8, 4) is 6.07 Å². The molecule has 0 aliphatic carbocycles. The van der Waals surface area contributed by atoms with Crippen LogP contribution < -0.4 is 0 Å². The van der Waals surface area contributed by atoms with E-state index in [2.05, 4.69) is 23.6 Å². The summed E-state index contributed by atoms with van der Waals surface area (Å²) >= 11 is 3.22. The number of nitrogens with zero attached hydrogens (tertiary/aromatic N) is 1. The first-order chi connectivity index (χ1) is 6.88. The molecule has 0 amide bonds. The Bertz CT molecular complexity index is 472. The van der Waals surface area contributed by atoms with Crippen LogP contribution in [0, 0.1) is 11.3 Å². The van der Waals surface area contributed by atoms with E-state index in [0.717, 1.165) is 9.75 Å². The maximum absolute atomic E-state index is 8.64. The van der Waals surface area contributed by atoms with E-state index in [0.29, 0.717) is 0 Å². The number of thiophene rings is 2. The van der Waals surface area contributed by atoms with Gasteiger partial charge in [-0.25, -0.2) is 0 Å². The fourth-order valence-corrected chi connectivity index (χ4v) is 2.38. The highest BCUT2D eigenvalue weighted by Gasteiger charge is 1.94. The zero-order valence-corrected chi connectivity index (χ0v) is 8.94. The summed E-state index contributed by atoms with van der Waals surface area (Å²) in [6.45, 7) is 0. The number of hydrogen-bond donors (Lipinski definition) is 0. The molecule has 14 heavy (non-hydrogen) atoms. The Balaban J connectivity index is 2.15. The molecule has 0 aliphatic heterocycles. The third-order valence-corrected chi connectivity index (χ3v) is 3.48. The first kappa shape index (κ1) is 9.20. The third-order valence-electron chi connectivity index (χ3n) is 1.69. The fraction of sp³-hybridized carbons (Fsp3) is 0. The average Bonchev–Trinajstić information content (AvgIpc) is 2.86. The normalized spacial score (nSPS) is 10.5. The maximum Gasteiger partial charge on any atom is 0.110 e. The van der Waals surface area contributed by atoms with Crippen molar-refractivity contribution in [2.24, 2.45) is 0 Å². The van der Waals surface area contributed by atoms with Gasteiger partial charge in [-0.15, -0.1) is 22.7 Å². The molecule has 0 bridgehead atoms. The number of hydrogen-bond acceptors (Lipinski definition) is 3. The molecule has 2 rings (SSSR count). The van der Waals surface area contributed by atoms with Gasteiger partial charge in [0.05, 0.1) is 0 Å². The molecular formula is C11H7NS2. The molecule has 0 aliphatic rings. The van der Waals surface area contributed by atoms with Crippen LogP contribution in [-0.4, -0.2) is 0 Å². The molecule has 2 heterocycles. The molecule has 0 unspecified atom stereocenters. The van der Waals surface area contributed by atoms with Crippen molar-refractivity contribution in [2.45, 2.75) is 0 Å². The monoisotopic (exact) mass is 217 g/mol. The molecule has 0 N–H and O–H groups in total. The van der Waals surface area contributed by atoms with Crippen LogP contribution in [0.2, 0.25) is 0 Å². The largest absolute Gasteiger partial charge is 0.192 e. The lowest BCUT2D eigenvalue weighted by Gasteiger charge is -1.82. The fourth-order valence-electron chi connectivity index (χ4n) is 1.05. The Morgan fingerprint density at radius 3 is 2.64 bits per heavy atom. The van der Waals surface area contributed by atoms with Gasteiger partial charge in [-0.3, -0.25) is 0 Å². The molecule has 0 atom stereocenters. The van der Waals surface area contributed by atoms with Crippen LogP contribution >= 0.6 is 22.7 Å². The van der Waals surface area contributed by atoms with E-state index in [4.69, 9.17) is 5.26 Å². The second kappa shape index (κ2) is 4.23. The van der Waals surface area contributed by atoms with E-state index in [1.54, 1.807) is 11.3 Å². The Kier molecular flexibility index (Phi) is 2.78. The maximum atomic E-state index is 8.64. The van der Waals surface area contributed by atoms with Crippen LogP contribution in [0.25, 0.3) is 12.2 Å².